The van der Waals surface area contributed by atoms with Crippen molar-refractivity contribution in [1.29, 1.82) is 0 Å². The van der Waals surface area contributed by atoms with Gasteiger partial charge in [-0.1, -0.05) is 23.7 Å². The maximum absolute atomic E-state index is 12.2. The van der Waals surface area contributed by atoms with E-state index in [2.05, 4.69) is 27.6 Å². The molecule has 0 aliphatic heterocycles. The number of benzene rings is 2. The summed E-state index contributed by atoms with van der Waals surface area (Å²) in [6.45, 7) is 2.13. The molecule has 0 unspecified atom stereocenters. The van der Waals surface area contributed by atoms with Crippen LogP contribution >= 0.6 is 34.2 Å². The molecule has 2 aromatic carbocycles. The van der Waals surface area contributed by atoms with Crippen LogP contribution in [0.2, 0.25) is 5.02 Å². The Morgan fingerprint density at radius 3 is 2.56 bits per heavy atom. The van der Waals surface area contributed by atoms with E-state index < -0.39 is 0 Å². The topological polar surface area (TPSA) is 51.3 Å². The molecule has 1 N–H and O–H groups in total. The third-order valence-corrected chi connectivity index (χ3v) is 5.41. The molecule has 4 nitrogen and oxygen atoms in total. The highest BCUT2D eigenvalue weighted by Gasteiger charge is 2.20. The van der Waals surface area contributed by atoms with E-state index in [1.54, 1.807) is 14.0 Å². The minimum atomic E-state index is -0.352. The van der Waals surface area contributed by atoms with Crippen LogP contribution in [0.3, 0.4) is 0 Å². The molecule has 0 saturated heterocycles. The summed E-state index contributed by atoms with van der Waals surface area (Å²) in [5.74, 6) is 0.462. The smallest absolute Gasteiger partial charge is 0.355 e. The van der Waals surface area contributed by atoms with Crippen molar-refractivity contribution in [3.63, 3.8) is 0 Å². The van der Waals surface area contributed by atoms with Crippen LogP contribution in [0, 0.1) is 3.57 Å². The van der Waals surface area contributed by atoms with Gasteiger partial charge in [0.25, 0.3) is 0 Å². The summed E-state index contributed by atoms with van der Waals surface area (Å²) >= 11 is 8.65. The van der Waals surface area contributed by atoms with E-state index in [4.69, 9.17) is 21.1 Å². The summed E-state index contributed by atoms with van der Waals surface area (Å²) in [6, 6.07) is 11.6. The van der Waals surface area contributed by atoms with Gasteiger partial charge in [-0.2, -0.15) is 0 Å². The summed E-state index contributed by atoms with van der Waals surface area (Å²) in [5, 5.41) is 1.64. The normalized spacial score (nSPS) is 10.9. The average Bonchev–Trinajstić information content (AvgIpc) is 2.95. The molecule has 0 atom stereocenters. The molecule has 6 heteroatoms. The van der Waals surface area contributed by atoms with Gasteiger partial charge in [-0.05, 0) is 71.3 Å². The molecule has 0 bridgehead atoms. The second kappa shape index (κ2) is 7.66. The molecule has 130 valence electrons. The number of rotatable bonds is 5. The van der Waals surface area contributed by atoms with Crippen molar-refractivity contribution in [2.45, 2.75) is 13.3 Å². The summed E-state index contributed by atoms with van der Waals surface area (Å²) in [4.78, 5) is 15.3. The van der Waals surface area contributed by atoms with E-state index in [1.807, 2.05) is 36.4 Å². The first-order valence-corrected chi connectivity index (χ1v) is 9.29. The van der Waals surface area contributed by atoms with Crippen molar-refractivity contribution >= 4 is 51.1 Å². The lowest BCUT2D eigenvalue weighted by Gasteiger charge is -2.08. The number of H-pyrrole nitrogens is 1. The van der Waals surface area contributed by atoms with Crippen LogP contribution in [0.15, 0.2) is 36.4 Å². The maximum atomic E-state index is 12.2. The average molecular weight is 470 g/mol. The zero-order chi connectivity index (χ0) is 18.0. The van der Waals surface area contributed by atoms with Crippen LogP contribution in [-0.4, -0.2) is 24.7 Å². The van der Waals surface area contributed by atoms with Gasteiger partial charge in [0.15, 0.2) is 0 Å². The molecule has 1 heterocycles. The number of nitrogens with one attached hydrogen (secondary N) is 1. The Balaban J connectivity index is 2.07. The monoisotopic (exact) mass is 469 g/mol. The highest BCUT2D eigenvalue weighted by atomic mass is 127. The molecule has 1 aromatic heterocycles. The van der Waals surface area contributed by atoms with Crippen molar-refractivity contribution in [1.82, 2.24) is 4.98 Å². The van der Waals surface area contributed by atoms with Crippen LogP contribution < -0.4 is 4.74 Å². The van der Waals surface area contributed by atoms with Gasteiger partial charge in [-0.25, -0.2) is 4.79 Å². The number of carbonyl (C=O) groups is 1. The molecule has 0 amide bonds. The van der Waals surface area contributed by atoms with E-state index in [0.717, 1.165) is 31.3 Å². The lowest BCUT2D eigenvalue weighted by molar-refractivity contribution is 0.0519. The van der Waals surface area contributed by atoms with Crippen molar-refractivity contribution in [2.75, 3.05) is 13.7 Å². The number of fused-ring (bicyclic) bond motifs is 1. The van der Waals surface area contributed by atoms with Crippen molar-refractivity contribution in [3.05, 3.63) is 61.8 Å². The van der Waals surface area contributed by atoms with Gasteiger partial charge < -0.3 is 14.5 Å². The Hall–Kier alpha value is -1.73. The highest BCUT2D eigenvalue weighted by molar-refractivity contribution is 14.1. The van der Waals surface area contributed by atoms with E-state index in [1.165, 1.54) is 0 Å². The summed E-state index contributed by atoms with van der Waals surface area (Å²) in [7, 11) is 1.64. The Morgan fingerprint density at radius 2 is 1.92 bits per heavy atom. The molecule has 0 fully saturated rings. The third-order valence-electron chi connectivity index (χ3n) is 3.97. The van der Waals surface area contributed by atoms with E-state index in [-0.39, 0.29) is 5.97 Å². The molecule has 3 rings (SSSR count). The number of methoxy groups -OCH3 is 1. The van der Waals surface area contributed by atoms with Gasteiger partial charge in [0.2, 0.25) is 0 Å². The van der Waals surface area contributed by atoms with Crippen LogP contribution in [0.5, 0.6) is 5.75 Å². The molecule has 3 aromatic rings. The maximum Gasteiger partial charge on any atom is 0.355 e. The fraction of sp³-hybridized carbons (Fsp3) is 0.211. The molecule has 0 saturated carbocycles. The van der Waals surface area contributed by atoms with Crippen LogP contribution in [0.4, 0.5) is 0 Å². The number of halogens is 2. The number of esters is 1. The fourth-order valence-electron chi connectivity index (χ4n) is 2.76. The minimum absolute atomic E-state index is 0.337. The van der Waals surface area contributed by atoms with Gasteiger partial charge in [0.1, 0.15) is 11.4 Å². The number of aromatic amines is 1. The first-order valence-electron chi connectivity index (χ1n) is 7.83. The molecule has 0 radical (unpaired) electrons. The minimum Gasteiger partial charge on any atom is -0.497 e. The number of ether oxygens (including phenoxy) is 2. The number of aromatic nitrogens is 1. The van der Waals surface area contributed by atoms with E-state index >= 15 is 0 Å². The molecule has 25 heavy (non-hydrogen) atoms. The van der Waals surface area contributed by atoms with Crippen molar-refractivity contribution < 1.29 is 14.3 Å². The van der Waals surface area contributed by atoms with E-state index in [0.29, 0.717) is 23.7 Å². The van der Waals surface area contributed by atoms with Gasteiger partial charge in [-0.15, -0.1) is 0 Å². The standard InChI is InChI=1S/C19H17ClINO3/c1-3-25-19(23)18-17(21)16-13(14(20)8-9-15(16)22-18)10-11-4-6-12(24-2)7-5-11/h4-9,22H,3,10H2,1-2H3. The Labute approximate surface area is 164 Å². The number of hydrogen-bond acceptors (Lipinski definition) is 3. The van der Waals surface area contributed by atoms with Gasteiger partial charge in [0.05, 0.1) is 17.3 Å². The molecular weight excluding hydrogens is 453 g/mol. The first kappa shape index (κ1) is 18.1. The van der Waals surface area contributed by atoms with Crippen LogP contribution in [0.25, 0.3) is 10.9 Å². The summed E-state index contributed by atoms with van der Waals surface area (Å²) < 4.78 is 11.2. The fourth-order valence-corrected chi connectivity index (χ4v) is 3.95. The molecular formula is C19H17ClINO3. The second-order valence-electron chi connectivity index (χ2n) is 5.51. The summed E-state index contributed by atoms with van der Waals surface area (Å²) in [6.07, 6.45) is 0.663. The quantitative estimate of drug-likeness (QED) is 0.413. The second-order valence-corrected chi connectivity index (χ2v) is 6.99. The lowest BCUT2D eigenvalue weighted by Crippen LogP contribution is -2.06. The van der Waals surface area contributed by atoms with Crippen molar-refractivity contribution in [3.8, 4) is 5.75 Å². The van der Waals surface area contributed by atoms with Gasteiger partial charge in [0, 0.05) is 15.9 Å². The van der Waals surface area contributed by atoms with Gasteiger partial charge >= 0.3 is 5.97 Å². The summed E-state index contributed by atoms with van der Waals surface area (Å²) in [5.41, 5.74) is 3.45. The lowest BCUT2D eigenvalue weighted by atomic mass is 10.0. The van der Waals surface area contributed by atoms with Crippen LogP contribution in [0.1, 0.15) is 28.5 Å². The zero-order valence-electron chi connectivity index (χ0n) is 13.9. The van der Waals surface area contributed by atoms with Crippen molar-refractivity contribution in [2.24, 2.45) is 0 Å². The first-order chi connectivity index (χ1) is 12.0. The molecule has 0 aliphatic rings. The Bertz CT molecular complexity index is 919. The molecule has 0 aliphatic carbocycles. The Kier molecular flexibility index (Phi) is 5.54. The predicted molar refractivity (Wildman–Crippen MR) is 108 cm³/mol. The van der Waals surface area contributed by atoms with E-state index in [9.17, 15) is 4.79 Å². The highest BCUT2D eigenvalue weighted by Crippen LogP contribution is 2.34. The largest absolute Gasteiger partial charge is 0.497 e. The molecule has 0 spiro atoms. The SMILES string of the molecule is CCOC(=O)c1[nH]c2ccc(Cl)c(Cc3ccc(OC)cc3)c2c1I. The number of hydrogen-bond donors (Lipinski definition) is 1. The van der Waals surface area contributed by atoms with Crippen LogP contribution in [-0.2, 0) is 11.2 Å². The zero-order valence-corrected chi connectivity index (χ0v) is 16.8. The predicted octanol–water partition coefficient (Wildman–Crippen LogP) is 5.20. The Morgan fingerprint density at radius 1 is 1.20 bits per heavy atom. The van der Waals surface area contributed by atoms with Gasteiger partial charge in [-0.3, -0.25) is 0 Å². The number of carbonyl (C=O) groups excluding carboxylic acids is 1. The third kappa shape index (κ3) is 3.62.